The van der Waals surface area contributed by atoms with E-state index in [2.05, 4.69) is 33.0 Å². The van der Waals surface area contributed by atoms with Gasteiger partial charge in [-0.1, -0.05) is 41.5 Å². The molecule has 2 unspecified atom stereocenters. The molecule has 4 heteroatoms. The molecule has 116 valence electrons. The standard InChI is InChI=1S/C16H30N2O2/c1-8-12-13(19)17-16(7,9-2)14(20)18(12)10-15(5,6)11(3)4/h11-12H,8-10H2,1-7H3,(H,17,19). The van der Waals surface area contributed by atoms with Crippen molar-refractivity contribution in [2.24, 2.45) is 11.3 Å². The Labute approximate surface area is 123 Å². The first-order valence-electron chi connectivity index (χ1n) is 7.72. The summed E-state index contributed by atoms with van der Waals surface area (Å²) in [7, 11) is 0. The molecule has 0 radical (unpaired) electrons. The van der Waals surface area contributed by atoms with Crippen molar-refractivity contribution in [2.45, 2.75) is 72.9 Å². The van der Waals surface area contributed by atoms with Crippen LogP contribution in [0.2, 0.25) is 0 Å². The van der Waals surface area contributed by atoms with Gasteiger partial charge in [-0.05, 0) is 31.1 Å². The average Bonchev–Trinajstić information content (AvgIpc) is 2.35. The summed E-state index contributed by atoms with van der Waals surface area (Å²) in [6, 6.07) is -0.333. The highest BCUT2D eigenvalue weighted by Crippen LogP contribution is 2.31. The summed E-state index contributed by atoms with van der Waals surface area (Å²) in [5.74, 6) is 0.488. The van der Waals surface area contributed by atoms with Crippen molar-refractivity contribution >= 4 is 11.8 Å². The molecule has 0 spiro atoms. The molecule has 20 heavy (non-hydrogen) atoms. The van der Waals surface area contributed by atoms with E-state index in [0.717, 1.165) is 0 Å². The van der Waals surface area contributed by atoms with E-state index >= 15 is 0 Å². The molecular formula is C16H30N2O2. The lowest BCUT2D eigenvalue weighted by Crippen LogP contribution is -2.70. The molecule has 4 nitrogen and oxygen atoms in total. The molecule has 0 aliphatic carbocycles. The number of carbonyl (C=O) groups is 2. The first-order valence-corrected chi connectivity index (χ1v) is 7.72. The second kappa shape index (κ2) is 5.74. The highest BCUT2D eigenvalue weighted by Gasteiger charge is 2.47. The zero-order chi connectivity index (χ0) is 15.7. The van der Waals surface area contributed by atoms with Crippen LogP contribution in [0.4, 0.5) is 0 Å². The minimum atomic E-state index is -0.754. The summed E-state index contributed by atoms with van der Waals surface area (Å²) in [5.41, 5.74) is -0.759. The van der Waals surface area contributed by atoms with Gasteiger partial charge in [-0.15, -0.1) is 0 Å². The third kappa shape index (κ3) is 2.99. The number of nitrogens with zero attached hydrogens (tertiary/aromatic N) is 1. The molecule has 0 aromatic carbocycles. The van der Waals surface area contributed by atoms with Crippen molar-refractivity contribution in [3.05, 3.63) is 0 Å². The van der Waals surface area contributed by atoms with Crippen LogP contribution in [0.3, 0.4) is 0 Å². The molecule has 1 fully saturated rings. The Morgan fingerprint density at radius 1 is 1.30 bits per heavy atom. The number of nitrogens with one attached hydrogen (secondary N) is 1. The number of amides is 2. The van der Waals surface area contributed by atoms with Gasteiger partial charge in [-0.3, -0.25) is 9.59 Å². The van der Waals surface area contributed by atoms with Crippen molar-refractivity contribution in [1.82, 2.24) is 10.2 Å². The molecule has 0 saturated carbocycles. The fourth-order valence-electron chi connectivity index (χ4n) is 2.46. The topological polar surface area (TPSA) is 49.4 Å². The first-order chi connectivity index (χ1) is 9.09. The molecule has 1 saturated heterocycles. The fraction of sp³-hybridized carbons (Fsp3) is 0.875. The Bertz CT molecular complexity index is 390. The zero-order valence-corrected chi connectivity index (χ0v) is 14.0. The molecule has 2 amide bonds. The zero-order valence-electron chi connectivity index (χ0n) is 14.0. The Kier molecular flexibility index (Phi) is 4.88. The van der Waals surface area contributed by atoms with Gasteiger partial charge in [0.05, 0.1) is 0 Å². The monoisotopic (exact) mass is 282 g/mol. The maximum atomic E-state index is 12.8. The second-order valence-corrected chi connectivity index (χ2v) is 7.18. The van der Waals surface area contributed by atoms with Crippen molar-refractivity contribution < 1.29 is 9.59 Å². The first kappa shape index (κ1) is 17.0. The van der Waals surface area contributed by atoms with E-state index in [4.69, 9.17) is 0 Å². The van der Waals surface area contributed by atoms with Gasteiger partial charge in [-0.2, -0.15) is 0 Å². The van der Waals surface area contributed by atoms with Gasteiger partial charge in [0.25, 0.3) is 0 Å². The molecule has 1 aliphatic heterocycles. The average molecular weight is 282 g/mol. The molecule has 0 aromatic heterocycles. The van der Waals surface area contributed by atoms with E-state index in [9.17, 15) is 9.59 Å². The SMILES string of the molecule is CCC1C(=O)NC(C)(CC)C(=O)N1CC(C)(C)C(C)C. The summed E-state index contributed by atoms with van der Waals surface area (Å²) in [5, 5.41) is 2.91. The van der Waals surface area contributed by atoms with Crippen LogP contribution in [0.15, 0.2) is 0 Å². The number of piperazine rings is 1. The van der Waals surface area contributed by atoms with E-state index in [1.54, 1.807) is 0 Å². The van der Waals surface area contributed by atoms with Crippen molar-refractivity contribution in [2.75, 3.05) is 6.54 Å². The van der Waals surface area contributed by atoms with Gasteiger partial charge in [0.15, 0.2) is 0 Å². The molecular weight excluding hydrogens is 252 g/mol. The van der Waals surface area contributed by atoms with Crippen LogP contribution < -0.4 is 5.32 Å². The third-order valence-corrected chi connectivity index (χ3v) is 5.05. The van der Waals surface area contributed by atoms with Gasteiger partial charge in [-0.25, -0.2) is 0 Å². The number of hydrogen-bond donors (Lipinski definition) is 1. The van der Waals surface area contributed by atoms with Gasteiger partial charge in [0, 0.05) is 6.54 Å². The van der Waals surface area contributed by atoms with Crippen molar-refractivity contribution in [1.29, 1.82) is 0 Å². The maximum Gasteiger partial charge on any atom is 0.248 e. The molecule has 2 atom stereocenters. The second-order valence-electron chi connectivity index (χ2n) is 7.18. The molecule has 1 aliphatic rings. The Balaban J connectivity index is 3.10. The Morgan fingerprint density at radius 3 is 2.25 bits per heavy atom. The van der Waals surface area contributed by atoms with Crippen LogP contribution >= 0.6 is 0 Å². The Hall–Kier alpha value is -1.06. The maximum absolute atomic E-state index is 12.8. The van der Waals surface area contributed by atoms with E-state index in [1.807, 2.05) is 25.7 Å². The van der Waals surface area contributed by atoms with Gasteiger partial charge in [0.1, 0.15) is 11.6 Å². The van der Waals surface area contributed by atoms with E-state index < -0.39 is 5.54 Å². The Morgan fingerprint density at radius 2 is 1.85 bits per heavy atom. The largest absolute Gasteiger partial charge is 0.340 e. The van der Waals surface area contributed by atoms with Crippen molar-refractivity contribution in [3.8, 4) is 0 Å². The lowest BCUT2D eigenvalue weighted by molar-refractivity contribution is -0.156. The third-order valence-electron chi connectivity index (χ3n) is 5.05. The predicted octanol–water partition coefficient (Wildman–Crippen LogP) is 2.57. The highest BCUT2D eigenvalue weighted by molar-refractivity contribution is 5.99. The van der Waals surface area contributed by atoms with Crippen LogP contribution in [0.5, 0.6) is 0 Å². The van der Waals surface area contributed by atoms with Gasteiger partial charge in [0.2, 0.25) is 11.8 Å². The lowest BCUT2D eigenvalue weighted by atomic mass is 9.79. The van der Waals surface area contributed by atoms with Gasteiger partial charge >= 0.3 is 0 Å². The highest BCUT2D eigenvalue weighted by atomic mass is 16.2. The summed E-state index contributed by atoms with van der Waals surface area (Å²) in [4.78, 5) is 26.9. The van der Waals surface area contributed by atoms with E-state index in [1.165, 1.54) is 0 Å². The van der Waals surface area contributed by atoms with Crippen LogP contribution in [-0.4, -0.2) is 34.8 Å². The predicted molar refractivity (Wildman–Crippen MR) is 81.2 cm³/mol. The molecule has 0 aromatic rings. The van der Waals surface area contributed by atoms with E-state index in [0.29, 0.717) is 25.3 Å². The smallest absolute Gasteiger partial charge is 0.248 e. The normalized spacial score (nSPS) is 28.0. The lowest BCUT2D eigenvalue weighted by Gasteiger charge is -2.47. The number of rotatable bonds is 5. The molecule has 1 N–H and O–H groups in total. The van der Waals surface area contributed by atoms with Crippen LogP contribution in [-0.2, 0) is 9.59 Å². The van der Waals surface area contributed by atoms with Crippen molar-refractivity contribution in [3.63, 3.8) is 0 Å². The minimum absolute atomic E-state index is 0.00461. The van der Waals surface area contributed by atoms with Crippen LogP contribution in [0, 0.1) is 11.3 Å². The van der Waals surface area contributed by atoms with Crippen LogP contribution in [0.25, 0.3) is 0 Å². The molecule has 1 heterocycles. The quantitative estimate of drug-likeness (QED) is 0.842. The number of carbonyl (C=O) groups excluding carboxylic acids is 2. The van der Waals surface area contributed by atoms with E-state index in [-0.39, 0.29) is 23.3 Å². The molecule has 0 bridgehead atoms. The summed E-state index contributed by atoms with van der Waals surface area (Å²) >= 11 is 0. The van der Waals surface area contributed by atoms with Gasteiger partial charge < -0.3 is 10.2 Å². The summed E-state index contributed by atoms with van der Waals surface area (Å²) < 4.78 is 0. The molecule has 1 rings (SSSR count). The summed E-state index contributed by atoms with van der Waals surface area (Å²) in [6.07, 6.45) is 1.28. The summed E-state index contributed by atoms with van der Waals surface area (Å²) in [6.45, 7) is 15.0. The number of hydrogen-bond acceptors (Lipinski definition) is 2. The fourth-order valence-corrected chi connectivity index (χ4v) is 2.46. The van der Waals surface area contributed by atoms with Crippen LogP contribution in [0.1, 0.15) is 61.3 Å². The minimum Gasteiger partial charge on any atom is -0.340 e.